The fraction of sp³-hybridized carbons (Fsp3) is 0.222. The maximum atomic E-state index is 11.8. The number of benzene rings is 2. The van der Waals surface area contributed by atoms with Crippen LogP contribution in [-0.4, -0.2) is 27.0 Å². The minimum absolute atomic E-state index is 0.0788. The Balaban J connectivity index is 2.02. The molecule has 0 saturated carbocycles. The highest BCUT2D eigenvalue weighted by Gasteiger charge is 2.20. The summed E-state index contributed by atoms with van der Waals surface area (Å²) in [5.74, 6) is -0.0788. The van der Waals surface area contributed by atoms with Gasteiger partial charge in [0, 0.05) is 36.6 Å². The molecule has 0 radical (unpaired) electrons. The van der Waals surface area contributed by atoms with Gasteiger partial charge in [0.1, 0.15) is 0 Å². The zero-order chi connectivity index (χ0) is 17.2. The van der Waals surface area contributed by atoms with Gasteiger partial charge >= 0.3 is 0 Å². The van der Waals surface area contributed by atoms with Gasteiger partial charge in [-0.25, -0.2) is 9.44 Å². The fourth-order valence-corrected chi connectivity index (χ4v) is 3.38. The molecule has 0 bridgehead atoms. The molecule has 0 saturated heterocycles. The standard InChI is InChI=1S/C18H21N3O2S/c1-13-7-9-14(10-8-13)16(12-21-24(22,23)19-2)17-11-20-18-6-4-3-5-15(17)18/h3-11,16,19-21H,12H2,1-2H3. The van der Waals surface area contributed by atoms with E-state index in [1.54, 1.807) is 0 Å². The van der Waals surface area contributed by atoms with Gasteiger partial charge in [0.15, 0.2) is 0 Å². The van der Waals surface area contributed by atoms with E-state index in [0.717, 1.165) is 22.0 Å². The largest absolute Gasteiger partial charge is 0.361 e. The number of aryl methyl sites for hydroxylation is 1. The van der Waals surface area contributed by atoms with E-state index < -0.39 is 10.2 Å². The van der Waals surface area contributed by atoms with E-state index in [4.69, 9.17) is 0 Å². The van der Waals surface area contributed by atoms with E-state index in [-0.39, 0.29) is 12.5 Å². The van der Waals surface area contributed by atoms with Crippen molar-refractivity contribution >= 4 is 21.1 Å². The summed E-state index contributed by atoms with van der Waals surface area (Å²) >= 11 is 0. The van der Waals surface area contributed by atoms with Crippen LogP contribution in [-0.2, 0) is 10.2 Å². The molecule has 3 aromatic rings. The van der Waals surface area contributed by atoms with Gasteiger partial charge < -0.3 is 4.98 Å². The SMILES string of the molecule is CNS(=O)(=O)NCC(c1ccc(C)cc1)c1c[nH]c2ccccc12. The quantitative estimate of drug-likeness (QED) is 0.644. The second-order valence-electron chi connectivity index (χ2n) is 5.81. The lowest BCUT2D eigenvalue weighted by Gasteiger charge is -2.18. The topological polar surface area (TPSA) is 74.0 Å². The van der Waals surface area contributed by atoms with Gasteiger partial charge in [-0.05, 0) is 24.1 Å². The van der Waals surface area contributed by atoms with Crippen molar-refractivity contribution in [3.63, 3.8) is 0 Å². The molecule has 0 fully saturated rings. The second-order valence-corrected chi connectivity index (χ2v) is 7.51. The lowest BCUT2D eigenvalue weighted by molar-refractivity contribution is 0.569. The molecule has 2 aromatic carbocycles. The van der Waals surface area contributed by atoms with Crippen LogP contribution in [0.5, 0.6) is 0 Å². The molecule has 24 heavy (non-hydrogen) atoms. The molecule has 0 amide bonds. The number of aromatic nitrogens is 1. The van der Waals surface area contributed by atoms with Gasteiger partial charge in [-0.3, -0.25) is 0 Å². The van der Waals surface area contributed by atoms with Gasteiger partial charge in [0.05, 0.1) is 0 Å². The second kappa shape index (κ2) is 6.76. The smallest absolute Gasteiger partial charge is 0.276 e. The number of nitrogens with one attached hydrogen (secondary N) is 3. The van der Waals surface area contributed by atoms with Crippen LogP contribution < -0.4 is 9.44 Å². The highest BCUT2D eigenvalue weighted by molar-refractivity contribution is 7.87. The Labute approximate surface area is 142 Å². The average Bonchev–Trinajstić information content (AvgIpc) is 3.01. The van der Waals surface area contributed by atoms with Gasteiger partial charge in [-0.15, -0.1) is 0 Å². The van der Waals surface area contributed by atoms with Crippen molar-refractivity contribution in [1.82, 2.24) is 14.4 Å². The number of fused-ring (bicyclic) bond motifs is 1. The summed E-state index contributed by atoms with van der Waals surface area (Å²) in [6.07, 6.45) is 1.96. The molecule has 0 aliphatic rings. The maximum absolute atomic E-state index is 11.8. The summed E-state index contributed by atoms with van der Waals surface area (Å²) in [7, 11) is -2.09. The van der Waals surface area contributed by atoms with E-state index in [9.17, 15) is 8.42 Å². The Kier molecular flexibility index (Phi) is 4.71. The number of para-hydroxylation sites is 1. The maximum Gasteiger partial charge on any atom is 0.276 e. The third-order valence-corrected chi connectivity index (χ3v) is 5.31. The fourth-order valence-electron chi connectivity index (χ4n) is 2.85. The zero-order valence-electron chi connectivity index (χ0n) is 13.7. The molecule has 126 valence electrons. The molecule has 1 atom stereocenters. The van der Waals surface area contributed by atoms with Crippen LogP contribution >= 0.6 is 0 Å². The van der Waals surface area contributed by atoms with Crippen molar-refractivity contribution in [2.24, 2.45) is 0 Å². The Morgan fingerprint density at radius 3 is 2.50 bits per heavy atom. The number of aromatic amines is 1. The molecule has 1 unspecified atom stereocenters. The van der Waals surface area contributed by atoms with Crippen LogP contribution in [0, 0.1) is 6.92 Å². The molecule has 0 aliphatic heterocycles. The Morgan fingerprint density at radius 2 is 1.79 bits per heavy atom. The summed E-state index contributed by atoms with van der Waals surface area (Å²) in [6.45, 7) is 2.32. The zero-order valence-corrected chi connectivity index (χ0v) is 14.5. The molecule has 0 aliphatic carbocycles. The Morgan fingerprint density at radius 1 is 1.08 bits per heavy atom. The molecule has 1 heterocycles. The van der Waals surface area contributed by atoms with Gasteiger partial charge in [0.2, 0.25) is 0 Å². The van der Waals surface area contributed by atoms with Crippen LogP contribution in [0.3, 0.4) is 0 Å². The van der Waals surface area contributed by atoms with E-state index in [0.29, 0.717) is 0 Å². The van der Waals surface area contributed by atoms with Crippen LogP contribution in [0.2, 0.25) is 0 Å². The predicted molar refractivity (Wildman–Crippen MR) is 97.3 cm³/mol. The van der Waals surface area contributed by atoms with Crippen molar-refractivity contribution < 1.29 is 8.42 Å². The van der Waals surface area contributed by atoms with Gasteiger partial charge in [-0.2, -0.15) is 8.42 Å². The van der Waals surface area contributed by atoms with E-state index >= 15 is 0 Å². The molecule has 3 rings (SSSR count). The monoisotopic (exact) mass is 343 g/mol. The highest BCUT2D eigenvalue weighted by Crippen LogP contribution is 2.30. The molecule has 5 nitrogen and oxygen atoms in total. The Hall–Kier alpha value is -2.15. The Bertz CT molecular complexity index is 930. The molecule has 6 heteroatoms. The lowest BCUT2D eigenvalue weighted by Crippen LogP contribution is -2.36. The van der Waals surface area contributed by atoms with Crippen LogP contribution in [0.15, 0.2) is 54.7 Å². The minimum Gasteiger partial charge on any atom is -0.361 e. The van der Waals surface area contributed by atoms with Crippen LogP contribution in [0.4, 0.5) is 0 Å². The van der Waals surface area contributed by atoms with E-state index in [2.05, 4.69) is 32.6 Å². The first kappa shape index (κ1) is 16.7. The normalized spacial score (nSPS) is 13.2. The number of H-pyrrole nitrogens is 1. The molecule has 1 aromatic heterocycles. The minimum atomic E-state index is -3.49. The molecule has 3 N–H and O–H groups in total. The van der Waals surface area contributed by atoms with E-state index in [1.165, 1.54) is 12.6 Å². The number of rotatable bonds is 6. The third-order valence-electron chi connectivity index (χ3n) is 4.22. The first-order chi connectivity index (χ1) is 11.5. The number of hydrogen-bond donors (Lipinski definition) is 3. The van der Waals surface area contributed by atoms with Crippen molar-refractivity contribution in [2.45, 2.75) is 12.8 Å². The van der Waals surface area contributed by atoms with Crippen molar-refractivity contribution in [1.29, 1.82) is 0 Å². The molecular formula is C18H21N3O2S. The summed E-state index contributed by atoms with van der Waals surface area (Å²) in [5.41, 5.74) is 4.37. The molecule has 0 spiro atoms. The highest BCUT2D eigenvalue weighted by atomic mass is 32.2. The van der Waals surface area contributed by atoms with Crippen molar-refractivity contribution in [2.75, 3.05) is 13.6 Å². The summed E-state index contributed by atoms with van der Waals surface area (Å²) in [4.78, 5) is 3.27. The van der Waals surface area contributed by atoms with Gasteiger partial charge in [0.25, 0.3) is 10.2 Å². The van der Waals surface area contributed by atoms with E-state index in [1.807, 2.05) is 43.5 Å². The third kappa shape index (κ3) is 3.51. The summed E-state index contributed by atoms with van der Waals surface area (Å²) in [5, 5.41) is 1.10. The number of hydrogen-bond acceptors (Lipinski definition) is 2. The van der Waals surface area contributed by atoms with Gasteiger partial charge in [-0.1, -0.05) is 48.0 Å². The average molecular weight is 343 g/mol. The first-order valence-corrected chi connectivity index (χ1v) is 9.29. The van der Waals surface area contributed by atoms with Crippen LogP contribution in [0.25, 0.3) is 10.9 Å². The predicted octanol–water partition coefficient (Wildman–Crippen LogP) is 2.66. The lowest BCUT2D eigenvalue weighted by atomic mass is 9.90. The van der Waals surface area contributed by atoms with Crippen LogP contribution in [0.1, 0.15) is 22.6 Å². The summed E-state index contributed by atoms with van der Waals surface area (Å²) < 4.78 is 28.5. The summed E-state index contributed by atoms with van der Waals surface area (Å²) in [6, 6.07) is 16.2. The molecular weight excluding hydrogens is 322 g/mol. The van der Waals surface area contributed by atoms with Crippen molar-refractivity contribution in [3.05, 3.63) is 71.4 Å². The first-order valence-electron chi connectivity index (χ1n) is 7.81. The van der Waals surface area contributed by atoms with Crippen molar-refractivity contribution in [3.8, 4) is 0 Å².